The molecular formula is C33H41F2N3O6. The molecule has 0 spiro atoms. The van der Waals surface area contributed by atoms with Gasteiger partial charge in [0.1, 0.15) is 23.6 Å². The number of nitrogens with two attached hydrogens (primary N) is 1. The molecule has 44 heavy (non-hydrogen) atoms. The van der Waals surface area contributed by atoms with E-state index in [1.54, 1.807) is 58.0 Å². The summed E-state index contributed by atoms with van der Waals surface area (Å²) in [6.45, 7) is 5.80. The van der Waals surface area contributed by atoms with E-state index in [-0.39, 0.29) is 29.5 Å². The van der Waals surface area contributed by atoms with Gasteiger partial charge in [-0.15, -0.1) is 0 Å². The molecule has 0 bridgehead atoms. The van der Waals surface area contributed by atoms with Crippen LogP contribution in [0, 0.1) is 17.7 Å². The number of carbonyl (C=O) groups is 4. The molecule has 2 aromatic carbocycles. The van der Waals surface area contributed by atoms with Crippen molar-refractivity contribution in [1.29, 1.82) is 0 Å². The van der Waals surface area contributed by atoms with E-state index in [0.29, 0.717) is 31.2 Å². The summed E-state index contributed by atoms with van der Waals surface area (Å²) in [6.07, 6.45) is 0.942. The van der Waals surface area contributed by atoms with Gasteiger partial charge in [0.25, 0.3) is 0 Å². The molecule has 238 valence electrons. The van der Waals surface area contributed by atoms with E-state index in [0.717, 1.165) is 0 Å². The summed E-state index contributed by atoms with van der Waals surface area (Å²) in [5, 5.41) is 12.5. The number of hydrogen-bond donors (Lipinski definition) is 3. The van der Waals surface area contributed by atoms with Crippen LogP contribution < -0.4 is 11.1 Å². The van der Waals surface area contributed by atoms with Crippen LogP contribution in [0.3, 0.4) is 0 Å². The average Bonchev–Trinajstić information content (AvgIpc) is 3.28. The second-order valence-corrected chi connectivity index (χ2v) is 13.0. The van der Waals surface area contributed by atoms with E-state index in [1.165, 1.54) is 23.1 Å². The van der Waals surface area contributed by atoms with Gasteiger partial charge < -0.3 is 25.8 Å². The van der Waals surface area contributed by atoms with Crippen LogP contribution in [0.15, 0.2) is 48.5 Å². The molecule has 1 heterocycles. The average molecular weight is 614 g/mol. The standard InChI is InChI=1S/C33H41F2N3O6/c1-32(2,3)44-31(43)37-25(17-34)19-13-15-21(16-14-19)28(39)38-18-23(26-22(29(40)41)11-8-12-24(26)35)27(33(38,4)30(36)42)20-9-6-5-7-10-20/h5-12,19,21,23,25,27H,13-18H2,1-4H3,(H2,36,42)(H,37,43)(H,40,41)/t19?,21?,23?,25?,27-,33-/m0/s1. The quantitative estimate of drug-likeness (QED) is 0.377. The summed E-state index contributed by atoms with van der Waals surface area (Å²) in [4.78, 5) is 53.3. The first kappa shape index (κ1) is 32.9. The van der Waals surface area contributed by atoms with Crippen LogP contribution in [0.2, 0.25) is 0 Å². The highest BCUT2D eigenvalue weighted by molar-refractivity contribution is 5.94. The van der Waals surface area contributed by atoms with Crippen molar-refractivity contribution >= 4 is 23.9 Å². The number of amides is 3. The Morgan fingerprint density at radius 2 is 1.70 bits per heavy atom. The van der Waals surface area contributed by atoms with Gasteiger partial charge in [-0.05, 0) is 77.0 Å². The van der Waals surface area contributed by atoms with Crippen molar-refractivity contribution in [3.8, 4) is 0 Å². The number of benzene rings is 2. The first-order valence-electron chi connectivity index (χ1n) is 14.9. The maximum atomic E-state index is 15.5. The summed E-state index contributed by atoms with van der Waals surface area (Å²) >= 11 is 0. The van der Waals surface area contributed by atoms with Gasteiger partial charge in [-0.25, -0.2) is 18.4 Å². The topological polar surface area (TPSA) is 139 Å². The van der Waals surface area contributed by atoms with Crippen molar-refractivity contribution in [1.82, 2.24) is 10.2 Å². The largest absolute Gasteiger partial charge is 0.478 e. The predicted molar refractivity (Wildman–Crippen MR) is 159 cm³/mol. The zero-order chi connectivity index (χ0) is 32.4. The third kappa shape index (κ3) is 6.56. The maximum Gasteiger partial charge on any atom is 0.407 e. The fourth-order valence-electron chi connectivity index (χ4n) is 6.96. The Morgan fingerprint density at radius 1 is 1.07 bits per heavy atom. The van der Waals surface area contributed by atoms with Gasteiger partial charge in [-0.3, -0.25) is 9.59 Å². The number of carbonyl (C=O) groups excluding carboxylic acids is 3. The lowest BCUT2D eigenvalue weighted by Gasteiger charge is -2.40. The molecule has 3 amide bonds. The Kier molecular flexibility index (Phi) is 9.65. The van der Waals surface area contributed by atoms with E-state index in [1.807, 2.05) is 0 Å². The Labute approximate surface area is 256 Å². The number of nitrogens with one attached hydrogen (secondary N) is 1. The monoisotopic (exact) mass is 613 g/mol. The van der Waals surface area contributed by atoms with Crippen molar-refractivity contribution in [2.75, 3.05) is 13.2 Å². The molecule has 9 nitrogen and oxygen atoms in total. The molecule has 1 saturated heterocycles. The molecular weight excluding hydrogens is 572 g/mol. The number of carboxylic acid groups (broad SMARTS) is 1. The summed E-state index contributed by atoms with van der Waals surface area (Å²) in [7, 11) is 0. The Hall–Kier alpha value is -4.02. The molecule has 1 aliphatic carbocycles. The van der Waals surface area contributed by atoms with Crippen molar-refractivity contribution < 1.29 is 37.8 Å². The minimum absolute atomic E-state index is 0.0839. The zero-order valence-electron chi connectivity index (χ0n) is 25.5. The molecule has 4 N–H and O–H groups in total. The van der Waals surface area contributed by atoms with Gasteiger partial charge in [0.2, 0.25) is 11.8 Å². The van der Waals surface area contributed by atoms with Crippen molar-refractivity contribution in [2.45, 2.75) is 82.4 Å². The smallest absolute Gasteiger partial charge is 0.407 e. The minimum atomic E-state index is -1.60. The third-order valence-electron chi connectivity index (χ3n) is 9.08. The molecule has 11 heteroatoms. The molecule has 2 aromatic rings. The Morgan fingerprint density at radius 3 is 2.25 bits per heavy atom. The second-order valence-electron chi connectivity index (χ2n) is 13.0. The number of likely N-dealkylation sites (tertiary alicyclic amines) is 1. The fourth-order valence-corrected chi connectivity index (χ4v) is 6.96. The SMILES string of the molecule is CC(C)(C)OC(=O)NC(CF)C1CCC(C(=O)N2CC(c3c(F)cccc3C(=O)O)[C@H](c3ccccc3)[C@@]2(C)C(N)=O)CC1. The van der Waals surface area contributed by atoms with Crippen molar-refractivity contribution in [2.24, 2.45) is 17.6 Å². The number of aromatic carboxylic acids is 1. The predicted octanol–water partition coefficient (Wildman–Crippen LogP) is 5.15. The van der Waals surface area contributed by atoms with Gasteiger partial charge in [-0.2, -0.15) is 0 Å². The summed E-state index contributed by atoms with van der Waals surface area (Å²) < 4.78 is 34.7. The lowest BCUT2D eigenvalue weighted by Crippen LogP contribution is -2.58. The van der Waals surface area contributed by atoms with Crippen LogP contribution in [0.5, 0.6) is 0 Å². The van der Waals surface area contributed by atoms with Crippen LogP contribution in [-0.2, 0) is 14.3 Å². The van der Waals surface area contributed by atoms with Crippen LogP contribution >= 0.6 is 0 Å². The molecule has 0 radical (unpaired) electrons. The van der Waals surface area contributed by atoms with E-state index in [4.69, 9.17) is 10.5 Å². The molecule has 2 aliphatic rings. The highest BCUT2D eigenvalue weighted by Gasteiger charge is 2.59. The van der Waals surface area contributed by atoms with E-state index in [2.05, 4.69) is 5.32 Å². The number of rotatable bonds is 8. The lowest BCUT2D eigenvalue weighted by molar-refractivity contribution is -0.147. The Bertz CT molecular complexity index is 1390. The van der Waals surface area contributed by atoms with Gasteiger partial charge in [-0.1, -0.05) is 36.4 Å². The number of hydrogen-bond acceptors (Lipinski definition) is 5. The van der Waals surface area contributed by atoms with Gasteiger partial charge in [0.15, 0.2) is 0 Å². The van der Waals surface area contributed by atoms with Gasteiger partial charge >= 0.3 is 12.1 Å². The third-order valence-corrected chi connectivity index (χ3v) is 9.08. The highest BCUT2D eigenvalue weighted by atomic mass is 19.1. The molecule has 4 rings (SSSR count). The first-order valence-corrected chi connectivity index (χ1v) is 14.9. The summed E-state index contributed by atoms with van der Waals surface area (Å²) in [6, 6.07) is 11.8. The zero-order valence-corrected chi connectivity index (χ0v) is 25.5. The molecule has 1 saturated carbocycles. The number of ether oxygens (including phenoxy) is 1. The maximum absolute atomic E-state index is 15.5. The van der Waals surface area contributed by atoms with E-state index < -0.39 is 65.4 Å². The lowest BCUT2D eigenvalue weighted by atomic mass is 9.72. The number of halogens is 2. The van der Waals surface area contributed by atoms with Crippen LogP contribution in [-0.4, -0.2) is 64.3 Å². The van der Waals surface area contributed by atoms with E-state index >= 15 is 4.39 Å². The summed E-state index contributed by atoms with van der Waals surface area (Å²) in [5.41, 5.74) is 3.99. The van der Waals surface area contributed by atoms with Crippen LogP contribution in [0.4, 0.5) is 13.6 Å². The normalized spacial score (nSPS) is 26.1. The highest BCUT2D eigenvalue weighted by Crippen LogP contribution is 2.52. The number of alkyl carbamates (subject to hydrolysis) is 1. The van der Waals surface area contributed by atoms with Crippen molar-refractivity contribution in [3.63, 3.8) is 0 Å². The second kappa shape index (κ2) is 12.9. The fraction of sp³-hybridized carbons (Fsp3) is 0.515. The first-order chi connectivity index (χ1) is 20.7. The number of carboxylic acids is 1. The van der Waals surface area contributed by atoms with Gasteiger partial charge in [0.05, 0.1) is 11.6 Å². The molecule has 0 aromatic heterocycles. The van der Waals surface area contributed by atoms with Crippen LogP contribution in [0.25, 0.3) is 0 Å². The number of primary amides is 1. The Balaban J connectivity index is 1.63. The van der Waals surface area contributed by atoms with Crippen molar-refractivity contribution in [3.05, 3.63) is 71.0 Å². The molecule has 2 unspecified atom stereocenters. The minimum Gasteiger partial charge on any atom is -0.478 e. The van der Waals surface area contributed by atoms with E-state index in [9.17, 15) is 28.7 Å². The van der Waals surface area contributed by atoms with Crippen LogP contribution in [0.1, 0.15) is 86.7 Å². The number of nitrogens with zero attached hydrogens (tertiary/aromatic N) is 1. The van der Waals surface area contributed by atoms with Gasteiger partial charge in [0, 0.05) is 29.9 Å². The molecule has 4 atom stereocenters. The summed E-state index contributed by atoms with van der Waals surface area (Å²) in [5.74, 6) is -5.66. The molecule has 1 aliphatic heterocycles. The molecule has 2 fully saturated rings. The number of alkyl halides is 1.